The number of nitrogens with one attached hydrogen (secondary N) is 1. The number of rotatable bonds is 3. The Morgan fingerprint density at radius 3 is 2.26 bits per heavy atom. The van der Waals surface area contributed by atoms with E-state index in [9.17, 15) is 4.79 Å². The van der Waals surface area contributed by atoms with Gasteiger partial charge >= 0.3 is 0 Å². The van der Waals surface area contributed by atoms with Crippen molar-refractivity contribution in [3.05, 3.63) is 0 Å². The molecule has 4 atom stereocenters. The molecule has 0 spiro atoms. The zero-order chi connectivity index (χ0) is 13.1. The zero-order valence-electron chi connectivity index (χ0n) is 12.0. The van der Waals surface area contributed by atoms with E-state index in [4.69, 9.17) is 0 Å². The van der Waals surface area contributed by atoms with E-state index in [0.29, 0.717) is 30.1 Å². The van der Waals surface area contributed by atoms with E-state index < -0.39 is 0 Å². The van der Waals surface area contributed by atoms with Crippen LogP contribution in [0.4, 0.5) is 0 Å². The topological polar surface area (TPSA) is 45.5 Å². The second-order valence-electron chi connectivity index (χ2n) is 7.19. The number of carbonyl (C=O) groups excluding carboxylic acids is 1. The molecule has 3 saturated heterocycles. The molecule has 3 aliphatic heterocycles. The first-order chi connectivity index (χ1) is 9.15. The zero-order valence-corrected chi connectivity index (χ0v) is 12.0. The minimum Gasteiger partial charge on any atom is -0.333 e. The van der Waals surface area contributed by atoms with E-state index in [0.717, 1.165) is 19.0 Å². The Morgan fingerprint density at radius 1 is 1.11 bits per heavy atom. The molecule has 0 aromatic heterocycles. The van der Waals surface area contributed by atoms with Crippen molar-refractivity contribution >= 4 is 5.91 Å². The Hall–Kier alpha value is -0.610. The lowest BCUT2D eigenvalue weighted by Crippen LogP contribution is -2.58. The van der Waals surface area contributed by atoms with Crippen molar-refractivity contribution < 1.29 is 4.79 Å². The maximum absolute atomic E-state index is 12.7. The van der Waals surface area contributed by atoms with E-state index in [-0.39, 0.29) is 6.04 Å². The maximum atomic E-state index is 12.7. The van der Waals surface area contributed by atoms with Crippen LogP contribution >= 0.6 is 0 Å². The molecule has 0 aromatic carbocycles. The van der Waals surface area contributed by atoms with Crippen LogP contribution in [-0.4, -0.2) is 59.0 Å². The van der Waals surface area contributed by atoms with Gasteiger partial charge in [0.2, 0.25) is 5.91 Å². The van der Waals surface area contributed by atoms with Crippen molar-refractivity contribution in [3.63, 3.8) is 0 Å². The number of carbonyl (C=O) groups is 1. The predicted octanol–water partition coefficient (Wildman–Crippen LogP) is 0.820. The molecule has 1 aliphatic carbocycles. The number of piperazine rings is 1. The minimum atomic E-state index is 0.168. The smallest absolute Gasteiger partial charge is 0.241 e. The molecule has 2 unspecified atom stereocenters. The Labute approximate surface area is 115 Å². The Kier molecular flexibility index (Phi) is 2.68. The van der Waals surface area contributed by atoms with Crippen LogP contribution in [0.5, 0.6) is 0 Å². The van der Waals surface area contributed by atoms with Crippen molar-refractivity contribution in [3.8, 4) is 0 Å². The summed E-state index contributed by atoms with van der Waals surface area (Å²) in [5.74, 6) is 1.22. The van der Waals surface area contributed by atoms with E-state index in [2.05, 4.69) is 29.0 Å². The van der Waals surface area contributed by atoms with Gasteiger partial charge in [0.15, 0.2) is 0 Å². The molecular formula is C15H25N3O. The molecule has 1 saturated carbocycles. The Bertz CT molecular complexity index is 379. The summed E-state index contributed by atoms with van der Waals surface area (Å²) in [7, 11) is 0. The second kappa shape index (κ2) is 4.19. The molecule has 0 radical (unpaired) electrons. The largest absolute Gasteiger partial charge is 0.333 e. The molecule has 2 bridgehead atoms. The molecule has 106 valence electrons. The van der Waals surface area contributed by atoms with Crippen molar-refractivity contribution in [2.75, 3.05) is 13.1 Å². The van der Waals surface area contributed by atoms with Crippen LogP contribution in [0.2, 0.25) is 0 Å². The van der Waals surface area contributed by atoms with Gasteiger partial charge in [-0.3, -0.25) is 15.0 Å². The van der Waals surface area contributed by atoms with Gasteiger partial charge in [-0.1, -0.05) is 0 Å². The number of hydrogen-bond donors (Lipinski definition) is 1. The van der Waals surface area contributed by atoms with Crippen LogP contribution in [0.25, 0.3) is 0 Å². The molecule has 1 N–H and O–H groups in total. The number of amides is 1. The molecule has 0 aromatic rings. The molecule has 4 heteroatoms. The third kappa shape index (κ3) is 2.00. The summed E-state index contributed by atoms with van der Waals surface area (Å²) in [4.78, 5) is 17.5. The molecule has 4 aliphatic rings. The molecule has 3 heterocycles. The third-order valence-corrected chi connectivity index (χ3v) is 5.51. The van der Waals surface area contributed by atoms with Crippen molar-refractivity contribution in [1.82, 2.24) is 15.1 Å². The fourth-order valence-corrected chi connectivity index (χ4v) is 4.12. The minimum absolute atomic E-state index is 0.168. The van der Waals surface area contributed by atoms with Crippen LogP contribution < -0.4 is 5.32 Å². The standard InChI is InChI=1S/C15H25N3O/c1-9(2)17-7-11-5-6-12(8-17)18(11)15(19)14-13(16-14)10-3-4-10/h9-14,16H,3-8H2,1-2H3/t11?,12?,13-,14+/m1/s1. The van der Waals surface area contributed by atoms with E-state index in [1.165, 1.54) is 25.7 Å². The van der Waals surface area contributed by atoms with E-state index in [1.807, 2.05) is 0 Å². The third-order valence-electron chi connectivity index (χ3n) is 5.51. The van der Waals surface area contributed by atoms with Crippen LogP contribution in [0, 0.1) is 5.92 Å². The van der Waals surface area contributed by atoms with Gasteiger partial charge < -0.3 is 4.90 Å². The summed E-state index contributed by atoms with van der Waals surface area (Å²) in [6, 6.07) is 2.27. The van der Waals surface area contributed by atoms with E-state index >= 15 is 0 Å². The van der Waals surface area contributed by atoms with Crippen LogP contribution in [-0.2, 0) is 4.79 Å². The van der Waals surface area contributed by atoms with Gasteiger partial charge in [0.05, 0.1) is 0 Å². The summed E-state index contributed by atoms with van der Waals surface area (Å²) in [5, 5.41) is 3.43. The fraction of sp³-hybridized carbons (Fsp3) is 0.933. The Balaban J connectivity index is 1.43. The van der Waals surface area contributed by atoms with Gasteiger partial charge in [-0.2, -0.15) is 0 Å². The SMILES string of the molecule is CC(C)N1CC2CCC(C1)N2C(=O)[C@H]1N[C@@H]1C1CC1. The first-order valence-corrected chi connectivity index (χ1v) is 7.97. The van der Waals surface area contributed by atoms with Gasteiger partial charge in [0.1, 0.15) is 6.04 Å². The fourth-order valence-electron chi connectivity index (χ4n) is 4.12. The molecular weight excluding hydrogens is 238 g/mol. The van der Waals surface area contributed by atoms with Crippen molar-refractivity contribution in [2.45, 2.75) is 69.7 Å². The van der Waals surface area contributed by atoms with Gasteiger partial charge in [0, 0.05) is 37.3 Å². The number of hydrogen-bond acceptors (Lipinski definition) is 3. The van der Waals surface area contributed by atoms with Gasteiger partial charge in [-0.05, 0) is 45.4 Å². The van der Waals surface area contributed by atoms with Crippen LogP contribution in [0.3, 0.4) is 0 Å². The summed E-state index contributed by atoms with van der Waals surface area (Å²) in [5.41, 5.74) is 0. The molecule has 4 fully saturated rings. The first-order valence-electron chi connectivity index (χ1n) is 7.97. The summed E-state index contributed by atoms with van der Waals surface area (Å²) >= 11 is 0. The predicted molar refractivity (Wildman–Crippen MR) is 73.8 cm³/mol. The quantitative estimate of drug-likeness (QED) is 0.767. The molecule has 19 heavy (non-hydrogen) atoms. The second-order valence-corrected chi connectivity index (χ2v) is 7.19. The van der Waals surface area contributed by atoms with Crippen molar-refractivity contribution in [2.24, 2.45) is 5.92 Å². The summed E-state index contributed by atoms with van der Waals surface area (Å²) in [6.07, 6.45) is 5.08. The summed E-state index contributed by atoms with van der Waals surface area (Å²) in [6.45, 7) is 6.70. The average Bonchev–Trinajstić information content (AvgIpc) is 3.26. The highest BCUT2D eigenvalue weighted by Crippen LogP contribution is 2.41. The number of fused-ring (bicyclic) bond motifs is 2. The summed E-state index contributed by atoms with van der Waals surface area (Å²) < 4.78 is 0. The highest BCUT2D eigenvalue weighted by Gasteiger charge is 2.55. The molecule has 4 nitrogen and oxygen atoms in total. The van der Waals surface area contributed by atoms with Gasteiger partial charge in [0.25, 0.3) is 0 Å². The first kappa shape index (κ1) is 12.2. The molecule has 4 rings (SSSR count). The highest BCUT2D eigenvalue weighted by atomic mass is 16.2. The number of nitrogens with zero attached hydrogens (tertiary/aromatic N) is 2. The molecule has 1 amide bonds. The monoisotopic (exact) mass is 263 g/mol. The average molecular weight is 263 g/mol. The maximum Gasteiger partial charge on any atom is 0.241 e. The van der Waals surface area contributed by atoms with Gasteiger partial charge in [-0.15, -0.1) is 0 Å². The lowest BCUT2D eigenvalue weighted by molar-refractivity contribution is -0.137. The highest BCUT2D eigenvalue weighted by molar-refractivity contribution is 5.87. The normalized spacial score (nSPS) is 41.9. The lowest BCUT2D eigenvalue weighted by atomic mass is 10.1. The van der Waals surface area contributed by atoms with E-state index in [1.54, 1.807) is 0 Å². The lowest BCUT2D eigenvalue weighted by Gasteiger charge is -2.42. The van der Waals surface area contributed by atoms with Crippen LogP contribution in [0.15, 0.2) is 0 Å². The number of likely N-dealkylation sites (tertiary alicyclic amines) is 1. The van der Waals surface area contributed by atoms with Crippen molar-refractivity contribution in [1.29, 1.82) is 0 Å². The van der Waals surface area contributed by atoms with Gasteiger partial charge in [-0.25, -0.2) is 0 Å². The van der Waals surface area contributed by atoms with Crippen LogP contribution in [0.1, 0.15) is 39.5 Å². The Morgan fingerprint density at radius 2 is 1.74 bits per heavy atom.